The van der Waals surface area contributed by atoms with Crippen LogP contribution in [0.2, 0.25) is 0 Å². The summed E-state index contributed by atoms with van der Waals surface area (Å²) in [5, 5.41) is 0. The second kappa shape index (κ2) is 4.51. The largest absolute Gasteiger partial charge is 0.366 e. The number of nitrogens with zero attached hydrogens (tertiary/aromatic N) is 2. The van der Waals surface area contributed by atoms with Gasteiger partial charge in [0.2, 0.25) is 5.91 Å². The lowest BCUT2D eigenvalue weighted by molar-refractivity contribution is 0.1000. The van der Waals surface area contributed by atoms with Gasteiger partial charge < -0.3 is 10.1 Å². The molecule has 0 fully saturated rings. The van der Waals surface area contributed by atoms with Crippen LogP contribution in [-0.4, -0.2) is 15.3 Å². The predicted molar refractivity (Wildman–Crippen MR) is 76.8 cm³/mol. The highest BCUT2D eigenvalue weighted by atomic mass is 79.9. The molecule has 0 unspecified atom stereocenters. The third-order valence-electron chi connectivity index (χ3n) is 2.88. The second-order valence-electron chi connectivity index (χ2n) is 4.18. The molecule has 2 heterocycles. The van der Waals surface area contributed by atoms with E-state index in [0.29, 0.717) is 5.56 Å². The number of carbonyl (C=O) groups excluding carboxylic acids is 1. The van der Waals surface area contributed by atoms with Crippen LogP contribution in [0.5, 0.6) is 0 Å². The van der Waals surface area contributed by atoms with Crippen molar-refractivity contribution in [1.82, 2.24) is 9.38 Å². The minimum atomic E-state index is -0.444. The number of hydrogen-bond donors (Lipinski definition) is 1. The average molecular weight is 316 g/mol. The minimum absolute atomic E-state index is 0.444. The lowest BCUT2D eigenvalue weighted by Crippen LogP contribution is -2.11. The number of imidazole rings is 1. The average Bonchev–Trinajstić information content (AvgIpc) is 2.82. The van der Waals surface area contributed by atoms with E-state index in [2.05, 4.69) is 20.9 Å². The Balaban J connectivity index is 2.11. The zero-order valence-electron chi connectivity index (χ0n) is 9.88. The van der Waals surface area contributed by atoms with Crippen molar-refractivity contribution in [1.29, 1.82) is 0 Å². The van der Waals surface area contributed by atoms with Gasteiger partial charge in [-0.1, -0.05) is 28.1 Å². The molecule has 94 valence electrons. The third-order valence-corrected chi connectivity index (χ3v) is 3.40. The van der Waals surface area contributed by atoms with Gasteiger partial charge in [0.05, 0.1) is 11.3 Å². The van der Waals surface area contributed by atoms with Crippen molar-refractivity contribution in [3.05, 3.63) is 58.8 Å². The summed E-state index contributed by atoms with van der Waals surface area (Å²) in [4.78, 5) is 15.7. The van der Waals surface area contributed by atoms with Crippen molar-refractivity contribution >= 4 is 27.5 Å². The van der Waals surface area contributed by atoms with Crippen LogP contribution in [0.1, 0.15) is 10.4 Å². The summed E-state index contributed by atoms with van der Waals surface area (Å²) in [6.07, 6.45) is 3.57. The summed E-state index contributed by atoms with van der Waals surface area (Å²) < 4.78 is 2.83. The summed E-state index contributed by atoms with van der Waals surface area (Å²) >= 11 is 3.40. The maximum atomic E-state index is 11.1. The van der Waals surface area contributed by atoms with Crippen LogP contribution in [0.4, 0.5) is 0 Å². The van der Waals surface area contributed by atoms with Gasteiger partial charge >= 0.3 is 0 Å². The maximum Gasteiger partial charge on any atom is 0.250 e. The Hall–Kier alpha value is -2.14. The molecule has 0 spiro atoms. The molecular weight excluding hydrogens is 306 g/mol. The first kappa shape index (κ1) is 11.9. The Labute approximate surface area is 118 Å². The predicted octanol–water partition coefficient (Wildman–Crippen LogP) is 2.86. The van der Waals surface area contributed by atoms with E-state index in [1.165, 1.54) is 0 Å². The van der Waals surface area contributed by atoms with Gasteiger partial charge in [-0.3, -0.25) is 4.79 Å². The fourth-order valence-electron chi connectivity index (χ4n) is 1.90. The van der Waals surface area contributed by atoms with Gasteiger partial charge in [0.1, 0.15) is 5.65 Å². The molecule has 1 aromatic carbocycles. The van der Waals surface area contributed by atoms with Gasteiger partial charge in [0, 0.05) is 22.4 Å². The minimum Gasteiger partial charge on any atom is -0.366 e. The summed E-state index contributed by atoms with van der Waals surface area (Å²) in [7, 11) is 0. The third kappa shape index (κ3) is 2.24. The molecule has 5 heteroatoms. The highest BCUT2D eigenvalue weighted by Crippen LogP contribution is 2.21. The lowest BCUT2D eigenvalue weighted by Gasteiger charge is -1.96. The molecule has 3 rings (SSSR count). The first-order valence-electron chi connectivity index (χ1n) is 5.68. The molecule has 0 aliphatic heterocycles. The Bertz CT molecular complexity index is 762. The van der Waals surface area contributed by atoms with E-state index < -0.39 is 5.91 Å². The highest BCUT2D eigenvalue weighted by molar-refractivity contribution is 9.10. The quantitative estimate of drug-likeness (QED) is 0.790. The SMILES string of the molecule is NC(=O)c1ccc2nc(-c3ccc(Br)cc3)cn2c1. The number of rotatable bonds is 2. The fraction of sp³-hybridized carbons (Fsp3) is 0. The molecule has 0 saturated carbocycles. The second-order valence-corrected chi connectivity index (χ2v) is 5.10. The van der Waals surface area contributed by atoms with Gasteiger partial charge in [0.15, 0.2) is 0 Å². The van der Waals surface area contributed by atoms with Crippen LogP contribution >= 0.6 is 15.9 Å². The van der Waals surface area contributed by atoms with Crippen molar-refractivity contribution in [2.45, 2.75) is 0 Å². The highest BCUT2D eigenvalue weighted by Gasteiger charge is 2.06. The number of nitrogens with two attached hydrogens (primary N) is 1. The van der Waals surface area contributed by atoms with Gasteiger partial charge in [-0.25, -0.2) is 4.98 Å². The van der Waals surface area contributed by atoms with E-state index in [-0.39, 0.29) is 0 Å². The number of fused-ring (bicyclic) bond motifs is 1. The fourth-order valence-corrected chi connectivity index (χ4v) is 2.16. The van der Waals surface area contributed by atoms with Crippen molar-refractivity contribution < 1.29 is 4.79 Å². The molecule has 19 heavy (non-hydrogen) atoms. The monoisotopic (exact) mass is 315 g/mol. The lowest BCUT2D eigenvalue weighted by atomic mass is 10.2. The smallest absolute Gasteiger partial charge is 0.250 e. The van der Waals surface area contributed by atoms with Crippen molar-refractivity contribution in [3.63, 3.8) is 0 Å². The molecule has 4 nitrogen and oxygen atoms in total. The molecular formula is C14H10BrN3O. The summed E-state index contributed by atoms with van der Waals surface area (Å²) in [6.45, 7) is 0. The van der Waals surface area contributed by atoms with Crippen LogP contribution < -0.4 is 5.73 Å². The standard InChI is InChI=1S/C14H10BrN3O/c15-11-4-1-9(2-5-11)12-8-18-7-10(14(16)19)3-6-13(18)17-12/h1-8H,(H2,16,19). The van der Waals surface area contributed by atoms with Gasteiger partial charge in [-0.2, -0.15) is 0 Å². The Morgan fingerprint density at radius 2 is 1.84 bits per heavy atom. The molecule has 0 saturated heterocycles. The van der Waals surface area contributed by atoms with Crippen LogP contribution in [-0.2, 0) is 0 Å². The molecule has 2 N–H and O–H groups in total. The summed E-state index contributed by atoms with van der Waals surface area (Å²) in [5.74, 6) is -0.444. The molecule has 0 bridgehead atoms. The maximum absolute atomic E-state index is 11.1. The topological polar surface area (TPSA) is 60.4 Å². The van der Waals surface area contributed by atoms with Crippen LogP contribution in [0.3, 0.4) is 0 Å². The number of amides is 1. The molecule has 3 aromatic rings. The number of primary amides is 1. The Morgan fingerprint density at radius 3 is 2.53 bits per heavy atom. The van der Waals surface area contributed by atoms with E-state index in [0.717, 1.165) is 21.4 Å². The van der Waals surface area contributed by atoms with E-state index in [1.54, 1.807) is 22.7 Å². The summed E-state index contributed by atoms with van der Waals surface area (Å²) in [5.41, 5.74) is 8.38. The van der Waals surface area contributed by atoms with Crippen molar-refractivity contribution in [3.8, 4) is 11.3 Å². The van der Waals surface area contributed by atoms with Gasteiger partial charge in [-0.15, -0.1) is 0 Å². The number of hydrogen-bond acceptors (Lipinski definition) is 2. The van der Waals surface area contributed by atoms with E-state index in [4.69, 9.17) is 5.73 Å². The zero-order chi connectivity index (χ0) is 13.4. The van der Waals surface area contributed by atoms with Gasteiger partial charge in [0.25, 0.3) is 0 Å². The number of aromatic nitrogens is 2. The zero-order valence-corrected chi connectivity index (χ0v) is 11.5. The van der Waals surface area contributed by atoms with Crippen LogP contribution in [0, 0.1) is 0 Å². The van der Waals surface area contributed by atoms with Crippen LogP contribution in [0.15, 0.2) is 53.3 Å². The van der Waals surface area contributed by atoms with E-state index in [1.807, 2.05) is 30.5 Å². The Morgan fingerprint density at radius 1 is 1.11 bits per heavy atom. The number of benzene rings is 1. The molecule has 0 aliphatic rings. The molecule has 1 amide bonds. The van der Waals surface area contributed by atoms with E-state index in [9.17, 15) is 4.79 Å². The van der Waals surface area contributed by atoms with Gasteiger partial charge in [-0.05, 0) is 24.3 Å². The number of halogens is 1. The summed E-state index contributed by atoms with van der Waals surface area (Å²) in [6, 6.07) is 11.4. The van der Waals surface area contributed by atoms with Crippen molar-refractivity contribution in [2.24, 2.45) is 5.73 Å². The van der Waals surface area contributed by atoms with E-state index >= 15 is 0 Å². The number of carbonyl (C=O) groups is 1. The first-order valence-corrected chi connectivity index (χ1v) is 6.47. The molecule has 0 atom stereocenters. The normalized spacial score (nSPS) is 10.8. The first-order chi connectivity index (χ1) is 9.13. The molecule has 0 radical (unpaired) electrons. The Kier molecular flexibility index (Phi) is 2.83. The number of pyridine rings is 1. The molecule has 0 aliphatic carbocycles. The van der Waals surface area contributed by atoms with Crippen LogP contribution in [0.25, 0.3) is 16.9 Å². The molecule has 2 aromatic heterocycles. The van der Waals surface area contributed by atoms with Crippen molar-refractivity contribution in [2.75, 3.05) is 0 Å².